The van der Waals surface area contributed by atoms with E-state index in [-0.39, 0.29) is 18.6 Å². The number of esters is 1. The van der Waals surface area contributed by atoms with Crippen molar-refractivity contribution in [3.63, 3.8) is 0 Å². The quantitative estimate of drug-likeness (QED) is 0.503. The molecule has 0 fully saturated rings. The van der Waals surface area contributed by atoms with Crippen molar-refractivity contribution >= 4 is 23.6 Å². The molecule has 31 heavy (non-hydrogen) atoms. The zero-order chi connectivity index (χ0) is 22.4. The van der Waals surface area contributed by atoms with Crippen LogP contribution in [0.3, 0.4) is 0 Å². The van der Waals surface area contributed by atoms with Crippen LogP contribution in [0.25, 0.3) is 6.08 Å². The summed E-state index contributed by atoms with van der Waals surface area (Å²) in [6.45, 7) is 3.46. The molecule has 0 aromatic heterocycles. The topological polar surface area (TPSA) is 88.9 Å². The van der Waals surface area contributed by atoms with E-state index < -0.39 is 12.1 Å². The highest BCUT2D eigenvalue weighted by Crippen LogP contribution is 2.32. The van der Waals surface area contributed by atoms with Gasteiger partial charge in [0.1, 0.15) is 6.07 Å². The van der Waals surface area contributed by atoms with Crippen molar-refractivity contribution in [3.8, 4) is 17.6 Å². The first kappa shape index (κ1) is 21.9. The van der Waals surface area contributed by atoms with Crippen LogP contribution in [0.2, 0.25) is 0 Å². The highest BCUT2D eigenvalue weighted by molar-refractivity contribution is 6.00. The maximum atomic E-state index is 12.9. The number of nitriles is 1. The van der Waals surface area contributed by atoms with Crippen LogP contribution in [0.5, 0.6) is 11.5 Å². The van der Waals surface area contributed by atoms with Crippen LogP contribution in [-0.4, -0.2) is 37.7 Å². The number of fused-ring (bicyclic) bond motifs is 1. The van der Waals surface area contributed by atoms with E-state index in [1.54, 1.807) is 36.1 Å². The second-order valence-corrected chi connectivity index (χ2v) is 7.16. The van der Waals surface area contributed by atoms with Crippen molar-refractivity contribution in [2.75, 3.05) is 18.6 Å². The van der Waals surface area contributed by atoms with Gasteiger partial charge in [-0.2, -0.15) is 5.26 Å². The molecule has 0 saturated heterocycles. The number of amides is 1. The smallest absolute Gasteiger partial charge is 0.331 e. The van der Waals surface area contributed by atoms with Crippen LogP contribution < -0.4 is 14.4 Å². The number of hydrogen-bond donors (Lipinski definition) is 0. The third-order valence-corrected chi connectivity index (χ3v) is 4.98. The second kappa shape index (κ2) is 9.81. The number of methoxy groups -OCH3 is 1. The third kappa shape index (κ3) is 5.04. The average Bonchev–Trinajstić information content (AvgIpc) is 3.11. The fraction of sp³-hybridized carbons (Fsp3) is 0.292. The van der Waals surface area contributed by atoms with E-state index in [1.165, 1.54) is 13.2 Å². The summed E-state index contributed by atoms with van der Waals surface area (Å²) >= 11 is 0. The Balaban J connectivity index is 1.63. The number of anilines is 1. The summed E-state index contributed by atoms with van der Waals surface area (Å²) in [5.41, 5.74) is 2.65. The molecule has 7 nitrogen and oxygen atoms in total. The largest absolute Gasteiger partial charge is 0.493 e. The van der Waals surface area contributed by atoms with Gasteiger partial charge >= 0.3 is 5.97 Å². The Morgan fingerprint density at radius 1 is 1.26 bits per heavy atom. The second-order valence-electron chi connectivity index (χ2n) is 7.16. The predicted molar refractivity (Wildman–Crippen MR) is 116 cm³/mol. The van der Waals surface area contributed by atoms with Gasteiger partial charge in [0.05, 0.1) is 7.11 Å². The molecule has 1 aliphatic rings. The van der Waals surface area contributed by atoms with Crippen LogP contribution >= 0.6 is 0 Å². The summed E-state index contributed by atoms with van der Waals surface area (Å²) < 4.78 is 15.9. The average molecular weight is 420 g/mol. The minimum absolute atomic E-state index is 0.0100. The molecule has 2 aromatic carbocycles. The van der Waals surface area contributed by atoms with Gasteiger partial charge in [-0.15, -0.1) is 0 Å². The third-order valence-electron chi connectivity index (χ3n) is 4.98. The molecule has 0 bridgehead atoms. The maximum absolute atomic E-state index is 12.9. The van der Waals surface area contributed by atoms with Gasteiger partial charge in [-0.3, -0.25) is 4.79 Å². The Hall–Kier alpha value is -3.79. The summed E-state index contributed by atoms with van der Waals surface area (Å²) in [6, 6.07) is 14.7. The molecule has 0 aliphatic carbocycles. The lowest BCUT2D eigenvalue weighted by molar-refractivity contribution is -0.149. The SMILES string of the molecule is COc1cc(/C=C/C(=O)O[C@@H](C)C(=O)N2c3ccccc3C[C@@H]2C)ccc1OCC#N. The Morgan fingerprint density at radius 3 is 2.77 bits per heavy atom. The van der Waals surface area contributed by atoms with Crippen LogP contribution in [0.15, 0.2) is 48.5 Å². The highest BCUT2D eigenvalue weighted by Gasteiger charge is 2.34. The Bertz CT molecular complexity index is 1040. The molecule has 1 heterocycles. The lowest BCUT2D eigenvalue weighted by atomic mass is 10.1. The number of ether oxygens (including phenoxy) is 3. The first-order chi connectivity index (χ1) is 14.9. The van der Waals surface area contributed by atoms with Crippen molar-refractivity contribution in [2.24, 2.45) is 0 Å². The lowest BCUT2D eigenvalue weighted by Crippen LogP contribution is -2.43. The molecule has 2 aromatic rings. The minimum Gasteiger partial charge on any atom is -0.493 e. The predicted octanol–water partition coefficient (Wildman–Crippen LogP) is 3.52. The van der Waals surface area contributed by atoms with Crippen LogP contribution in [0.1, 0.15) is 25.0 Å². The molecule has 0 N–H and O–H groups in total. The lowest BCUT2D eigenvalue weighted by Gasteiger charge is -2.25. The molecule has 1 amide bonds. The number of rotatable bonds is 7. The van der Waals surface area contributed by atoms with Gasteiger partial charge < -0.3 is 19.1 Å². The summed E-state index contributed by atoms with van der Waals surface area (Å²) in [7, 11) is 1.49. The Morgan fingerprint density at radius 2 is 2.03 bits per heavy atom. The summed E-state index contributed by atoms with van der Waals surface area (Å²) in [5.74, 6) is 0.00336. The molecular formula is C24H24N2O5. The van der Waals surface area contributed by atoms with Gasteiger partial charge in [0, 0.05) is 17.8 Å². The van der Waals surface area contributed by atoms with E-state index in [9.17, 15) is 9.59 Å². The van der Waals surface area contributed by atoms with E-state index in [1.807, 2.05) is 37.3 Å². The van der Waals surface area contributed by atoms with Crippen molar-refractivity contribution in [2.45, 2.75) is 32.4 Å². The highest BCUT2D eigenvalue weighted by atomic mass is 16.5. The molecule has 0 saturated carbocycles. The van der Waals surface area contributed by atoms with Crippen LogP contribution in [0.4, 0.5) is 5.69 Å². The van der Waals surface area contributed by atoms with Crippen molar-refractivity contribution in [3.05, 3.63) is 59.7 Å². The number of hydrogen-bond acceptors (Lipinski definition) is 6. The van der Waals surface area contributed by atoms with Gasteiger partial charge in [-0.25, -0.2) is 4.79 Å². The molecule has 1 aliphatic heterocycles. The zero-order valence-electron chi connectivity index (χ0n) is 17.7. The van der Waals surface area contributed by atoms with Gasteiger partial charge in [0.15, 0.2) is 24.2 Å². The standard InChI is InChI=1S/C24H24N2O5/c1-16-14-19-6-4-5-7-20(19)26(16)24(28)17(2)31-23(27)11-9-18-8-10-21(30-13-12-25)22(15-18)29-3/h4-11,15-17H,13-14H2,1-3H3/b11-9+/t16-,17-/m0/s1. The van der Waals surface area contributed by atoms with Crippen LogP contribution in [0, 0.1) is 11.3 Å². The minimum atomic E-state index is -0.915. The molecule has 0 spiro atoms. The normalized spacial score (nSPS) is 15.8. The van der Waals surface area contributed by atoms with E-state index in [0.717, 1.165) is 17.7 Å². The van der Waals surface area contributed by atoms with E-state index in [4.69, 9.17) is 19.5 Å². The number of carbonyl (C=O) groups is 2. The van der Waals surface area contributed by atoms with Crippen molar-refractivity contribution < 1.29 is 23.8 Å². The maximum Gasteiger partial charge on any atom is 0.331 e. The molecule has 2 atom stereocenters. The molecule has 7 heteroatoms. The Kier molecular flexibility index (Phi) is 6.93. The first-order valence-electron chi connectivity index (χ1n) is 9.92. The molecule has 3 rings (SSSR count). The van der Waals surface area contributed by atoms with Gasteiger partial charge in [0.25, 0.3) is 5.91 Å². The summed E-state index contributed by atoms with van der Waals surface area (Å²) in [4.78, 5) is 26.9. The summed E-state index contributed by atoms with van der Waals surface area (Å²) in [6.07, 6.45) is 2.68. The van der Waals surface area contributed by atoms with E-state index in [0.29, 0.717) is 17.1 Å². The van der Waals surface area contributed by atoms with Gasteiger partial charge in [-0.1, -0.05) is 24.3 Å². The molecule has 0 radical (unpaired) electrons. The first-order valence-corrected chi connectivity index (χ1v) is 9.92. The van der Waals surface area contributed by atoms with Crippen LogP contribution in [-0.2, 0) is 20.7 Å². The molecule has 160 valence electrons. The van der Waals surface area contributed by atoms with E-state index >= 15 is 0 Å². The molecular weight excluding hydrogens is 396 g/mol. The number of nitrogens with zero attached hydrogens (tertiary/aromatic N) is 2. The number of benzene rings is 2. The Labute approximate surface area is 181 Å². The van der Waals surface area contributed by atoms with E-state index in [2.05, 4.69) is 0 Å². The fourth-order valence-electron chi connectivity index (χ4n) is 3.54. The number of carbonyl (C=O) groups excluding carboxylic acids is 2. The van der Waals surface area contributed by atoms with Crippen molar-refractivity contribution in [1.82, 2.24) is 0 Å². The number of para-hydroxylation sites is 1. The molecule has 0 unspecified atom stereocenters. The van der Waals surface area contributed by atoms with Gasteiger partial charge in [-0.05, 0) is 55.7 Å². The van der Waals surface area contributed by atoms with Gasteiger partial charge in [0.2, 0.25) is 0 Å². The summed E-state index contributed by atoms with van der Waals surface area (Å²) in [5, 5.41) is 8.63. The zero-order valence-corrected chi connectivity index (χ0v) is 17.7. The monoisotopic (exact) mass is 420 g/mol. The fourth-order valence-corrected chi connectivity index (χ4v) is 3.54. The van der Waals surface area contributed by atoms with Crippen molar-refractivity contribution in [1.29, 1.82) is 5.26 Å².